The topological polar surface area (TPSA) is 70.8 Å². The van der Waals surface area contributed by atoms with Gasteiger partial charge in [0, 0.05) is 43.6 Å². The zero-order chi connectivity index (χ0) is 19.8. The molecule has 144 valence electrons. The van der Waals surface area contributed by atoms with Crippen LogP contribution in [-0.4, -0.2) is 62.4 Å². The summed E-state index contributed by atoms with van der Waals surface area (Å²) in [7, 11) is 0. The van der Waals surface area contributed by atoms with Crippen LogP contribution in [-0.2, 0) is 0 Å². The van der Waals surface area contributed by atoms with Crippen LogP contribution in [0, 0.1) is 19.7 Å². The van der Waals surface area contributed by atoms with Crippen molar-refractivity contribution >= 4 is 17.5 Å². The van der Waals surface area contributed by atoms with Crippen LogP contribution in [0.5, 0.6) is 0 Å². The van der Waals surface area contributed by atoms with Crippen molar-refractivity contribution < 1.29 is 14.0 Å². The van der Waals surface area contributed by atoms with Gasteiger partial charge in [-0.15, -0.1) is 0 Å². The number of aromatic nitrogens is 3. The molecule has 2 aromatic heterocycles. The van der Waals surface area contributed by atoms with Gasteiger partial charge in [0.2, 0.25) is 0 Å². The third kappa shape index (κ3) is 3.21. The maximum Gasteiger partial charge on any atom is 0.259 e. The highest BCUT2D eigenvalue weighted by atomic mass is 19.1. The first kappa shape index (κ1) is 18.1. The molecule has 1 aliphatic heterocycles. The quantitative estimate of drug-likeness (QED) is 0.682. The highest BCUT2D eigenvalue weighted by Gasteiger charge is 2.27. The molecule has 3 aromatic rings. The maximum atomic E-state index is 13.8. The van der Waals surface area contributed by atoms with E-state index >= 15 is 0 Å². The van der Waals surface area contributed by atoms with Gasteiger partial charge in [-0.1, -0.05) is 6.07 Å². The third-order valence-electron chi connectivity index (χ3n) is 5.01. The molecule has 1 aromatic carbocycles. The van der Waals surface area contributed by atoms with Gasteiger partial charge < -0.3 is 9.80 Å². The van der Waals surface area contributed by atoms with E-state index in [4.69, 9.17) is 0 Å². The Labute approximate surface area is 161 Å². The lowest BCUT2D eigenvalue weighted by atomic mass is 10.1. The number of hydrogen-bond acceptors (Lipinski definition) is 4. The molecule has 1 fully saturated rings. The summed E-state index contributed by atoms with van der Waals surface area (Å²) in [5.74, 6) is -0.767. The predicted molar refractivity (Wildman–Crippen MR) is 101 cm³/mol. The third-order valence-corrected chi connectivity index (χ3v) is 5.01. The number of benzene rings is 1. The number of rotatable bonds is 2. The van der Waals surface area contributed by atoms with E-state index in [1.165, 1.54) is 12.3 Å². The van der Waals surface area contributed by atoms with E-state index in [1.54, 1.807) is 39.6 Å². The van der Waals surface area contributed by atoms with Crippen LogP contribution in [0.3, 0.4) is 0 Å². The van der Waals surface area contributed by atoms with Crippen molar-refractivity contribution in [3.8, 4) is 0 Å². The molecule has 0 bridgehead atoms. The van der Waals surface area contributed by atoms with E-state index in [0.717, 1.165) is 5.69 Å². The van der Waals surface area contributed by atoms with Gasteiger partial charge in [0.1, 0.15) is 11.4 Å². The summed E-state index contributed by atoms with van der Waals surface area (Å²) in [6.07, 6.45) is 3.29. The van der Waals surface area contributed by atoms with Gasteiger partial charge in [-0.3, -0.25) is 9.59 Å². The fourth-order valence-electron chi connectivity index (χ4n) is 3.30. The molecule has 0 unspecified atom stereocenters. The van der Waals surface area contributed by atoms with Gasteiger partial charge in [0.25, 0.3) is 11.8 Å². The SMILES string of the molecule is Cc1ccn2ncc(C(=O)N3CCN(C(=O)c4ccc(C)c(F)c4)CC3)c2n1. The van der Waals surface area contributed by atoms with Gasteiger partial charge in [0.15, 0.2) is 5.65 Å². The molecule has 1 saturated heterocycles. The van der Waals surface area contributed by atoms with Crippen LogP contribution in [0.2, 0.25) is 0 Å². The Balaban J connectivity index is 1.46. The van der Waals surface area contributed by atoms with Crippen molar-refractivity contribution in [3.63, 3.8) is 0 Å². The van der Waals surface area contributed by atoms with Gasteiger partial charge >= 0.3 is 0 Å². The number of aryl methyl sites for hydroxylation is 2. The fourth-order valence-corrected chi connectivity index (χ4v) is 3.30. The summed E-state index contributed by atoms with van der Waals surface area (Å²) >= 11 is 0. The minimum Gasteiger partial charge on any atom is -0.335 e. The molecule has 1 aliphatic rings. The van der Waals surface area contributed by atoms with Crippen molar-refractivity contribution in [2.45, 2.75) is 13.8 Å². The molecule has 8 heteroatoms. The lowest BCUT2D eigenvalue weighted by Crippen LogP contribution is -2.50. The fraction of sp³-hybridized carbons (Fsp3) is 0.300. The summed E-state index contributed by atoms with van der Waals surface area (Å²) in [5.41, 5.74) is 2.61. The highest BCUT2D eigenvalue weighted by molar-refractivity contribution is 6.00. The van der Waals surface area contributed by atoms with Crippen molar-refractivity contribution in [1.29, 1.82) is 0 Å². The Bertz CT molecular complexity index is 1070. The highest BCUT2D eigenvalue weighted by Crippen LogP contribution is 2.16. The largest absolute Gasteiger partial charge is 0.335 e. The maximum absolute atomic E-state index is 13.8. The molecular weight excluding hydrogens is 361 g/mol. The Hall–Kier alpha value is -3.29. The summed E-state index contributed by atoms with van der Waals surface area (Å²) in [6.45, 7) is 5.12. The number of nitrogens with zero attached hydrogens (tertiary/aromatic N) is 5. The van der Waals surface area contributed by atoms with E-state index in [9.17, 15) is 14.0 Å². The zero-order valence-electron chi connectivity index (χ0n) is 15.7. The Kier molecular flexibility index (Phi) is 4.54. The van der Waals surface area contributed by atoms with Crippen LogP contribution in [0.4, 0.5) is 4.39 Å². The van der Waals surface area contributed by atoms with E-state index < -0.39 is 5.82 Å². The Morgan fingerprint density at radius 2 is 1.68 bits per heavy atom. The number of carbonyl (C=O) groups excluding carboxylic acids is 2. The van der Waals surface area contributed by atoms with Crippen LogP contribution >= 0.6 is 0 Å². The Morgan fingerprint density at radius 1 is 1.00 bits per heavy atom. The van der Waals surface area contributed by atoms with Gasteiger partial charge in [0.05, 0.1) is 6.20 Å². The van der Waals surface area contributed by atoms with Crippen LogP contribution in [0.15, 0.2) is 36.7 Å². The van der Waals surface area contributed by atoms with Crippen LogP contribution < -0.4 is 0 Å². The number of halogens is 1. The van der Waals surface area contributed by atoms with E-state index in [0.29, 0.717) is 48.5 Å². The number of fused-ring (bicyclic) bond motifs is 1. The number of hydrogen-bond donors (Lipinski definition) is 0. The minimum absolute atomic E-state index is 0.151. The molecule has 28 heavy (non-hydrogen) atoms. The van der Waals surface area contributed by atoms with E-state index in [1.807, 2.05) is 13.0 Å². The monoisotopic (exact) mass is 381 g/mol. The number of piperazine rings is 1. The average Bonchev–Trinajstić information content (AvgIpc) is 3.12. The number of carbonyl (C=O) groups is 2. The first-order chi connectivity index (χ1) is 13.4. The van der Waals surface area contributed by atoms with Crippen LogP contribution in [0.1, 0.15) is 32.0 Å². The average molecular weight is 381 g/mol. The molecular formula is C20H20FN5O2. The van der Waals surface area contributed by atoms with Crippen molar-refractivity contribution in [2.24, 2.45) is 0 Å². The first-order valence-corrected chi connectivity index (χ1v) is 9.10. The van der Waals surface area contributed by atoms with Gasteiger partial charge in [-0.05, 0) is 37.6 Å². The first-order valence-electron chi connectivity index (χ1n) is 9.10. The number of amides is 2. The molecule has 3 heterocycles. The molecule has 0 radical (unpaired) electrons. The molecule has 0 spiro atoms. The molecule has 0 N–H and O–H groups in total. The van der Waals surface area contributed by atoms with Crippen LogP contribution in [0.25, 0.3) is 5.65 Å². The van der Waals surface area contributed by atoms with E-state index in [2.05, 4.69) is 10.1 Å². The second-order valence-corrected chi connectivity index (χ2v) is 6.94. The summed E-state index contributed by atoms with van der Waals surface area (Å²) in [6, 6.07) is 6.32. The molecule has 4 rings (SSSR count). The van der Waals surface area contributed by atoms with Gasteiger partial charge in [-0.25, -0.2) is 13.9 Å². The molecule has 0 saturated carbocycles. The molecule has 2 amide bonds. The molecule has 0 atom stereocenters. The summed E-state index contributed by atoms with van der Waals surface area (Å²) in [4.78, 5) is 33.3. The second kappa shape index (κ2) is 7.03. The van der Waals surface area contributed by atoms with Crippen molar-refractivity contribution in [2.75, 3.05) is 26.2 Å². The Morgan fingerprint density at radius 3 is 2.36 bits per heavy atom. The minimum atomic E-state index is -0.393. The van der Waals surface area contributed by atoms with Crippen molar-refractivity contribution in [1.82, 2.24) is 24.4 Å². The van der Waals surface area contributed by atoms with E-state index in [-0.39, 0.29) is 11.8 Å². The summed E-state index contributed by atoms with van der Waals surface area (Å²) < 4.78 is 15.3. The molecule has 0 aliphatic carbocycles. The standard InChI is InChI=1S/C20H20FN5O2/c1-13-3-4-15(11-17(13)21)19(27)24-7-9-25(10-8-24)20(28)16-12-22-26-6-5-14(2)23-18(16)26/h3-6,11-12H,7-10H2,1-2H3. The second-order valence-electron chi connectivity index (χ2n) is 6.94. The lowest BCUT2D eigenvalue weighted by Gasteiger charge is -2.34. The van der Waals surface area contributed by atoms with Crippen molar-refractivity contribution in [3.05, 3.63) is 64.9 Å². The van der Waals surface area contributed by atoms with Gasteiger partial charge in [-0.2, -0.15) is 5.10 Å². The molecule has 7 nitrogen and oxygen atoms in total. The zero-order valence-corrected chi connectivity index (χ0v) is 15.7. The predicted octanol–water partition coefficient (Wildman–Crippen LogP) is 2.08. The lowest BCUT2D eigenvalue weighted by molar-refractivity contribution is 0.0536. The smallest absolute Gasteiger partial charge is 0.259 e. The summed E-state index contributed by atoms with van der Waals surface area (Å²) in [5, 5.41) is 4.18. The normalized spacial score (nSPS) is 14.5.